The van der Waals surface area contributed by atoms with E-state index in [9.17, 15) is 0 Å². The molecule has 110 valence electrons. The summed E-state index contributed by atoms with van der Waals surface area (Å²) in [5.41, 5.74) is 0.288. The van der Waals surface area contributed by atoms with Crippen molar-refractivity contribution in [2.45, 2.75) is 64.5 Å². The van der Waals surface area contributed by atoms with Gasteiger partial charge in [-0.25, -0.2) is 0 Å². The van der Waals surface area contributed by atoms with Gasteiger partial charge in [0.15, 0.2) is 0 Å². The van der Waals surface area contributed by atoms with E-state index in [1.807, 2.05) is 0 Å². The second-order valence-corrected chi connectivity index (χ2v) is 7.62. The van der Waals surface area contributed by atoms with Crippen LogP contribution in [0.1, 0.15) is 47.0 Å². The first kappa shape index (κ1) is 15.6. The Morgan fingerprint density at radius 3 is 2.16 bits per heavy atom. The molecule has 0 aromatic rings. The minimum absolute atomic E-state index is 0. The maximum atomic E-state index is 6.08. The molecule has 2 saturated heterocycles. The van der Waals surface area contributed by atoms with Crippen LogP contribution in [0.4, 0.5) is 0 Å². The highest BCUT2D eigenvalue weighted by molar-refractivity contribution is 6.45. The van der Waals surface area contributed by atoms with Crippen molar-refractivity contribution in [3.8, 4) is 0 Å². The summed E-state index contributed by atoms with van der Waals surface area (Å²) in [5.74, 6) is 0.805. The molecule has 19 heavy (non-hydrogen) atoms. The lowest BCUT2D eigenvalue weighted by molar-refractivity contribution is 0.00578. The minimum atomic E-state index is -0.173. The summed E-state index contributed by atoms with van der Waals surface area (Å²) in [5, 5.41) is 3.49. The monoisotopic (exact) mass is 287 g/mol. The molecule has 2 aliphatic heterocycles. The van der Waals surface area contributed by atoms with Gasteiger partial charge in [0.05, 0.1) is 11.2 Å². The molecule has 2 heterocycles. The topological polar surface area (TPSA) is 30.5 Å². The van der Waals surface area contributed by atoms with Crippen LogP contribution in [0.2, 0.25) is 6.32 Å². The molecular formula is C14H27BClNO2. The Labute approximate surface area is 123 Å². The van der Waals surface area contributed by atoms with Gasteiger partial charge < -0.3 is 14.6 Å². The van der Waals surface area contributed by atoms with Gasteiger partial charge in [-0.3, -0.25) is 0 Å². The van der Waals surface area contributed by atoms with Crippen LogP contribution in [0.3, 0.4) is 0 Å². The Bertz CT molecular complexity index is 318. The van der Waals surface area contributed by atoms with Crippen molar-refractivity contribution < 1.29 is 9.31 Å². The standard InChI is InChI=1S/C14H26BNO2.ClH/c1-12(2)13(3,4)18-15(17-12)9-11-7-14(8-11)5-6-16-10-14;/h11,16H,5-10H2,1-4H3;1H. The number of hydrogen-bond acceptors (Lipinski definition) is 3. The fourth-order valence-electron chi connectivity index (χ4n) is 3.81. The van der Waals surface area contributed by atoms with Crippen LogP contribution in [0, 0.1) is 11.3 Å². The van der Waals surface area contributed by atoms with Gasteiger partial charge >= 0.3 is 7.12 Å². The molecular weight excluding hydrogens is 260 g/mol. The predicted octanol–water partition coefficient (Wildman–Crippen LogP) is 2.89. The summed E-state index contributed by atoms with van der Waals surface area (Å²) in [4.78, 5) is 0. The molecule has 3 aliphatic rings. The zero-order chi connectivity index (χ0) is 13.0. The second-order valence-electron chi connectivity index (χ2n) is 7.62. The van der Waals surface area contributed by atoms with Crippen LogP contribution in [-0.2, 0) is 9.31 Å². The lowest BCUT2D eigenvalue weighted by Crippen LogP contribution is -2.41. The van der Waals surface area contributed by atoms with Crippen molar-refractivity contribution >= 4 is 19.5 Å². The third kappa shape index (κ3) is 2.69. The Morgan fingerprint density at radius 2 is 1.68 bits per heavy atom. The van der Waals surface area contributed by atoms with E-state index in [1.165, 1.54) is 32.4 Å². The van der Waals surface area contributed by atoms with Crippen LogP contribution >= 0.6 is 12.4 Å². The van der Waals surface area contributed by atoms with Gasteiger partial charge in [0, 0.05) is 6.54 Å². The fourth-order valence-corrected chi connectivity index (χ4v) is 3.81. The van der Waals surface area contributed by atoms with Crippen molar-refractivity contribution in [1.29, 1.82) is 0 Å². The fraction of sp³-hybridized carbons (Fsp3) is 1.00. The number of rotatable bonds is 2. The third-order valence-electron chi connectivity index (χ3n) is 5.60. The average molecular weight is 288 g/mol. The number of hydrogen-bond donors (Lipinski definition) is 1. The second kappa shape index (κ2) is 4.90. The minimum Gasteiger partial charge on any atom is -0.403 e. The average Bonchev–Trinajstić information content (AvgIpc) is 2.70. The van der Waals surface area contributed by atoms with Crippen LogP contribution in [0.15, 0.2) is 0 Å². The summed E-state index contributed by atoms with van der Waals surface area (Å²) < 4.78 is 12.2. The largest absolute Gasteiger partial charge is 0.458 e. The van der Waals surface area contributed by atoms with E-state index in [4.69, 9.17) is 9.31 Å². The van der Waals surface area contributed by atoms with Gasteiger partial charge in [-0.1, -0.05) is 0 Å². The molecule has 0 aromatic carbocycles. The van der Waals surface area contributed by atoms with E-state index < -0.39 is 0 Å². The summed E-state index contributed by atoms with van der Waals surface area (Å²) in [6.45, 7) is 11.0. The van der Waals surface area contributed by atoms with Gasteiger partial charge in [0.2, 0.25) is 0 Å². The van der Waals surface area contributed by atoms with Crippen LogP contribution in [-0.4, -0.2) is 31.4 Å². The highest BCUT2D eigenvalue weighted by Gasteiger charge is 2.54. The van der Waals surface area contributed by atoms with Crippen LogP contribution < -0.4 is 5.32 Å². The van der Waals surface area contributed by atoms with Gasteiger partial charge in [0.1, 0.15) is 0 Å². The summed E-state index contributed by atoms with van der Waals surface area (Å²) in [6, 6.07) is 0. The van der Waals surface area contributed by atoms with E-state index in [0.717, 1.165) is 12.2 Å². The Kier molecular flexibility index (Phi) is 4.03. The molecule has 1 N–H and O–H groups in total. The smallest absolute Gasteiger partial charge is 0.403 e. The molecule has 3 rings (SSSR count). The van der Waals surface area contributed by atoms with E-state index >= 15 is 0 Å². The van der Waals surface area contributed by atoms with Crippen molar-refractivity contribution in [1.82, 2.24) is 5.32 Å². The molecule has 1 aliphatic carbocycles. The van der Waals surface area contributed by atoms with E-state index in [2.05, 4.69) is 33.0 Å². The molecule has 0 unspecified atom stereocenters. The molecule has 0 amide bonds. The van der Waals surface area contributed by atoms with Crippen molar-refractivity contribution in [3.05, 3.63) is 0 Å². The number of nitrogens with one attached hydrogen (secondary N) is 1. The van der Waals surface area contributed by atoms with Crippen molar-refractivity contribution in [2.75, 3.05) is 13.1 Å². The van der Waals surface area contributed by atoms with Crippen LogP contribution in [0.25, 0.3) is 0 Å². The Hall–Kier alpha value is 0.235. The highest BCUT2D eigenvalue weighted by Crippen LogP contribution is 2.52. The molecule has 3 fully saturated rings. The highest BCUT2D eigenvalue weighted by atomic mass is 35.5. The maximum Gasteiger partial charge on any atom is 0.458 e. The van der Waals surface area contributed by atoms with Crippen molar-refractivity contribution in [3.63, 3.8) is 0 Å². The van der Waals surface area contributed by atoms with Gasteiger partial charge in [-0.05, 0) is 71.2 Å². The Balaban J connectivity index is 0.00000133. The summed E-state index contributed by atoms with van der Waals surface area (Å²) in [6.07, 6.45) is 5.18. The van der Waals surface area contributed by atoms with Gasteiger partial charge in [-0.2, -0.15) is 0 Å². The predicted molar refractivity (Wildman–Crippen MR) is 80.8 cm³/mol. The van der Waals surface area contributed by atoms with Crippen LogP contribution in [0.5, 0.6) is 0 Å². The molecule has 1 spiro atoms. The van der Waals surface area contributed by atoms with E-state index in [0.29, 0.717) is 5.41 Å². The first-order valence-corrected chi connectivity index (χ1v) is 7.38. The zero-order valence-electron chi connectivity index (χ0n) is 12.6. The molecule has 5 heteroatoms. The SMILES string of the molecule is CC1(C)OB(CC2CC3(CCNC3)C2)OC1(C)C.Cl. The summed E-state index contributed by atoms with van der Waals surface area (Å²) in [7, 11) is 0.00622. The first-order valence-electron chi connectivity index (χ1n) is 7.38. The molecule has 3 nitrogen and oxygen atoms in total. The lowest BCUT2D eigenvalue weighted by atomic mass is 9.56. The van der Waals surface area contributed by atoms with Gasteiger partial charge in [-0.15, -0.1) is 12.4 Å². The maximum absolute atomic E-state index is 6.08. The third-order valence-corrected chi connectivity index (χ3v) is 5.60. The number of halogens is 1. The first-order chi connectivity index (χ1) is 8.32. The van der Waals surface area contributed by atoms with E-state index in [1.54, 1.807) is 0 Å². The van der Waals surface area contributed by atoms with Gasteiger partial charge in [0.25, 0.3) is 0 Å². The molecule has 0 radical (unpaired) electrons. The molecule has 1 saturated carbocycles. The molecule has 0 bridgehead atoms. The normalized spacial score (nSPS) is 39.2. The zero-order valence-corrected chi connectivity index (χ0v) is 13.4. The molecule has 0 atom stereocenters. The van der Waals surface area contributed by atoms with Crippen molar-refractivity contribution in [2.24, 2.45) is 11.3 Å². The quantitative estimate of drug-likeness (QED) is 0.792. The van der Waals surface area contributed by atoms with E-state index in [-0.39, 0.29) is 30.7 Å². The summed E-state index contributed by atoms with van der Waals surface area (Å²) >= 11 is 0. The molecule has 0 aromatic heterocycles. The lowest BCUT2D eigenvalue weighted by Gasteiger charge is -2.45. The Morgan fingerprint density at radius 1 is 1.11 bits per heavy atom.